The second-order valence-electron chi connectivity index (χ2n) is 7.44. The van der Waals surface area contributed by atoms with Crippen LogP contribution in [0.25, 0.3) is 0 Å². The molecule has 3 N–H and O–H groups in total. The summed E-state index contributed by atoms with van der Waals surface area (Å²) >= 11 is 0. The predicted molar refractivity (Wildman–Crippen MR) is 127 cm³/mol. The lowest BCUT2D eigenvalue weighted by Crippen LogP contribution is -2.41. The van der Waals surface area contributed by atoms with Crippen LogP contribution in [0.3, 0.4) is 0 Å². The summed E-state index contributed by atoms with van der Waals surface area (Å²) < 4.78 is 11.9. The number of amides is 1. The molecule has 1 amide bonds. The number of aromatic nitrogens is 2. The first-order valence-corrected chi connectivity index (χ1v) is 10.6. The quantitative estimate of drug-likeness (QED) is 0.515. The third-order valence-corrected chi connectivity index (χ3v) is 5.29. The van der Waals surface area contributed by atoms with Crippen LogP contribution in [0.15, 0.2) is 58.1 Å². The summed E-state index contributed by atoms with van der Waals surface area (Å²) in [7, 11) is 2.94. The van der Waals surface area contributed by atoms with Crippen molar-refractivity contribution >= 4 is 17.4 Å². The van der Waals surface area contributed by atoms with E-state index in [-0.39, 0.29) is 23.6 Å². The highest BCUT2D eigenvalue weighted by Gasteiger charge is 2.28. The average molecular weight is 453 g/mol. The van der Waals surface area contributed by atoms with E-state index in [4.69, 9.17) is 15.2 Å². The summed E-state index contributed by atoms with van der Waals surface area (Å²) in [6.07, 6.45) is 1.51. The molecule has 9 heteroatoms. The van der Waals surface area contributed by atoms with Crippen LogP contribution in [0.4, 0.5) is 11.5 Å². The molecular weight excluding hydrogens is 424 g/mol. The van der Waals surface area contributed by atoms with Crippen LogP contribution in [0, 0.1) is 0 Å². The standard InChI is InChI=1S/C24H28N4O5/c1-4-5-13-27-21(25)20(22(29)26-24(27)31)28(15-16-9-7-6-8-10-16)23(30)18-14-17(32-2)11-12-19(18)33-3/h6-12,14H,4-5,13,15,25H2,1-3H3,(H,26,29,31). The molecule has 2 aromatic carbocycles. The van der Waals surface area contributed by atoms with Gasteiger partial charge in [-0.05, 0) is 30.2 Å². The van der Waals surface area contributed by atoms with Crippen molar-refractivity contribution in [3.8, 4) is 11.5 Å². The molecule has 1 aromatic heterocycles. The van der Waals surface area contributed by atoms with Gasteiger partial charge in [-0.3, -0.25) is 24.0 Å². The molecule has 0 saturated heterocycles. The molecule has 174 valence electrons. The molecule has 0 aliphatic carbocycles. The Balaban J connectivity index is 2.21. The Kier molecular flexibility index (Phi) is 7.55. The van der Waals surface area contributed by atoms with Crippen LogP contribution in [-0.2, 0) is 13.1 Å². The van der Waals surface area contributed by atoms with Gasteiger partial charge in [0.1, 0.15) is 17.3 Å². The van der Waals surface area contributed by atoms with E-state index >= 15 is 0 Å². The van der Waals surface area contributed by atoms with Crippen molar-refractivity contribution < 1.29 is 14.3 Å². The van der Waals surface area contributed by atoms with Crippen molar-refractivity contribution in [1.29, 1.82) is 0 Å². The molecule has 0 aliphatic rings. The van der Waals surface area contributed by atoms with E-state index in [0.717, 1.165) is 12.0 Å². The zero-order valence-corrected chi connectivity index (χ0v) is 19.0. The van der Waals surface area contributed by atoms with Gasteiger partial charge in [0, 0.05) is 6.54 Å². The highest BCUT2D eigenvalue weighted by Crippen LogP contribution is 2.29. The first-order chi connectivity index (χ1) is 15.9. The van der Waals surface area contributed by atoms with Crippen LogP contribution >= 0.6 is 0 Å². The summed E-state index contributed by atoms with van der Waals surface area (Å²) in [5.41, 5.74) is 5.84. The number of carbonyl (C=O) groups excluding carboxylic acids is 1. The normalized spacial score (nSPS) is 10.6. The summed E-state index contributed by atoms with van der Waals surface area (Å²) in [4.78, 5) is 42.7. The van der Waals surface area contributed by atoms with Gasteiger partial charge in [0.15, 0.2) is 5.69 Å². The Hall–Kier alpha value is -4.01. The number of H-pyrrole nitrogens is 1. The van der Waals surface area contributed by atoms with Crippen LogP contribution in [0.1, 0.15) is 35.7 Å². The van der Waals surface area contributed by atoms with E-state index in [0.29, 0.717) is 24.5 Å². The number of nitrogen functional groups attached to an aromatic ring is 1. The number of rotatable bonds is 9. The Morgan fingerprint density at radius 1 is 1.09 bits per heavy atom. The van der Waals surface area contributed by atoms with E-state index in [2.05, 4.69) is 4.98 Å². The number of hydrogen-bond donors (Lipinski definition) is 2. The third-order valence-electron chi connectivity index (χ3n) is 5.29. The number of methoxy groups -OCH3 is 2. The van der Waals surface area contributed by atoms with Crippen molar-refractivity contribution in [3.05, 3.63) is 80.5 Å². The van der Waals surface area contributed by atoms with Crippen molar-refractivity contribution in [2.75, 3.05) is 24.9 Å². The number of aromatic amines is 1. The molecule has 0 bridgehead atoms. The minimum absolute atomic E-state index is 0.0549. The second-order valence-corrected chi connectivity index (χ2v) is 7.44. The lowest BCUT2D eigenvalue weighted by atomic mass is 10.1. The molecule has 1 heterocycles. The fourth-order valence-corrected chi connectivity index (χ4v) is 3.52. The Labute approximate surface area is 191 Å². The molecule has 9 nitrogen and oxygen atoms in total. The first-order valence-electron chi connectivity index (χ1n) is 10.6. The predicted octanol–water partition coefficient (Wildman–Crippen LogP) is 2.78. The smallest absolute Gasteiger partial charge is 0.330 e. The van der Waals surface area contributed by atoms with Gasteiger partial charge >= 0.3 is 5.69 Å². The van der Waals surface area contributed by atoms with Gasteiger partial charge in [-0.1, -0.05) is 43.7 Å². The summed E-state index contributed by atoms with van der Waals surface area (Å²) in [5.74, 6) is 0.178. The van der Waals surface area contributed by atoms with E-state index in [1.807, 2.05) is 37.3 Å². The maximum Gasteiger partial charge on any atom is 0.330 e. The van der Waals surface area contributed by atoms with Gasteiger partial charge in [0.25, 0.3) is 11.5 Å². The fraction of sp³-hybridized carbons (Fsp3) is 0.292. The maximum absolute atomic E-state index is 13.8. The van der Waals surface area contributed by atoms with Crippen LogP contribution in [-0.4, -0.2) is 29.7 Å². The number of nitrogens with two attached hydrogens (primary N) is 1. The number of hydrogen-bond acceptors (Lipinski definition) is 6. The number of benzene rings is 2. The number of unbranched alkanes of at least 4 members (excludes halogenated alkanes) is 1. The number of nitrogens with one attached hydrogen (secondary N) is 1. The molecule has 0 radical (unpaired) electrons. The van der Waals surface area contributed by atoms with Crippen LogP contribution in [0.5, 0.6) is 11.5 Å². The number of carbonyl (C=O) groups is 1. The monoisotopic (exact) mass is 452 g/mol. The van der Waals surface area contributed by atoms with Gasteiger partial charge in [-0.15, -0.1) is 0 Å². The molecule has 3 aromatic rings. The Bertz CT molecular complexity index is 1230. The average Bonchev–Trinajstić information content (AvgIpc) is 2.82. The van der Waals surface area contributed by atoms with Gasteiger partial charge < -0.3 is 15.2 Å². The molecular formula is C24H28N4O5. The van der Waals surface area contributed by atoms with Crippen molar-refractivity contribution in [3.63, 3.8) is 0 Å². The zero-order valence-electron chi connectivity index (χ0n) is 19.0. The number of ether oxygens (including phenoxy) is 2. The Morgan fingerprint density at radius 2 is 1.82 bits per heavy atom. The van der Waals surface area contributed by atoms with E-state index in [1.54, 1.807) is 12.1 Å². The van der Waals surface area contributed by atoms with E-state index in [9.17, 15) is 14.4 Å². The largest absolute Gasteiger partial charge is 0.497 e. The molecule has 0 unspecified atom stereocenters. The third kappa shape index (κ3) is 5.08. The SMILES string of the molecule is CCCCn1c(N)c(N(Cc2ccccc2)C(=O)c2cc(OC)ccc2OC)c(=O)[nH]c1=O. The molecule has 33 heavy (non-hydrogen) atoms. The van der Waals surface area contributed by atoms with E-state index < -0.39 is 17.2 Å². The van der Waals surface area contributed by atoms with Crippen LogP contribution < -0.4 is 31.4 Å². The molecule has 0 spiro atoms. The fourth-order valence-electron chi connectivity index (χ4n) is 3.52. The maximum atomic E-state index is 13.8. The second kappa shape index (κ2) is 10.5. The highest BCUT2D eigenvalue weighted by atomic mass is 16.5. The van der Waals surface area contributed by atoms with Crippen molar-refractivity contribution in [2.24, 2.45) is 0 Å². The number of anilines is 2. The molecule has 0 aliphatic heterocycles. The van der Waals surface area contributed by atoms with Crippen molar-refractivity contribution in [2.45, 2.75) is 32.9 Å². The van der Waals surface area contributed by atoms with Gasteiger partial charge in [0.2, 0.25) is 0 Å². The number of nitrogens with zero attached hydrogens (tertiary/aromatic N) is 2. The van der Waals surface area contributed by atoms with Gasteiger partial charge in [-0.25, -0.2) is 4.79 Å². The first kappa shape index (κ1) is 23.6. The molecule has 0 atom stereocenters. The lowest BCUT2D eigenvalue weighted by Gasteiger charge is -2.25. The highest BCUT2D eigenvalue weighted by molar-refractivity contribution is 6.09. The van der Waals surface area contributed by atoms with Crippen molar-refractivity contribution in [1.82, 2.24) is 9.55 Å². The minimum Gasteiger partial charge on any atom is -0.497 e. The summed E-state index contributed by atoms with van der Waals surface area (Å²) in [5, 5.41) is 0. The zero-order chi connectivity index (χ0) is 24.0. The summed E-state index contributed by atoms with van der Waals surface area (Å²) in [6.45, 7) is 2.36. The molecule has 3 rings (SSSR count). The lowest BCUT2D eigenvalue weighted by molar-refractivity contribution is 0.0981. The topological polar surface area (TPSA) is 120 Å². The molecule has 0 fully saturated rings. The summed E-state index contributed by atoms with van der Waals surface area (Å²) in [6, 6.07) is 14.0. The minimum atomic E-state index is -0.739. The van der Waals surface area contributed by atoms with Gasteiger partial charge in [-0.2, -0.15) is 0 Å². The Morgan fingerprint density at radius 3 is 2.45 bits per heavy atom. The van der Waals surface area contributed by atoms with E-state index in [1.165, 1.54) is 29.8 Å². The van der Waals surface area contributed by atoms with Gasteiger partial charge in [0.05, 0.1) is 26.3 Å². The molecule has 0 saturated carbocycles. The van der Waals surface area contributed by atoms with Crippen LogP contribution in [0.2, 0.25) is 0 Å².